The van der Waals surface area contributed by atoms with Gasteiger partial charge in [-0.05, 0) is 48.0 Å². The molecular formula is C19H16ClN3O4S. The Labute approximate surface area is 167 Å². The van der Waals surface area contributed by atoms with E-state index in [-0.39, 0.29) is 28.4 Å². The van der Waals surface area contributed by atoms with Gasteiger partial charge >= 0.3 is 6.01 Å². The van der Waals surface area contributed by atoms with Crippen molar-refractivity contribution in [3.05, 3.63) is 77.1 Å². The highest BCUT2D eigenvalue weighted by molar-refractivity contribution is 7.90. The third-order valence-corrected chi connectivity index (χ3v) is 5.22. The summed E-state index contributed by atoms with van der Waals surface area (Å²) in [6.07, 6.45) is 4.24. The number of hydrogen-bond donors (Lipinski definition) is 1. The van der Waals surface area contributed by atoms with E-state index in [0.717, 1.165) is 6.26 Å². The fraction of sp³-hybridized carbons (Fsp3) is 0.105. The average Bonchev–Trinajstić information content (AvgIpc) is 2.67. The summed E-state index contributed by atoms with van der Waals surface area (Å²) in [5.41, 5.74) is 1.05. The van der Waals surface area contributed by atoms with E-state index in [1.165, 1.54) is 12.1 Å². The molecule has 1 aromatic heterocycles. The molecule has 0 radical (unpaired) electrons. The van der Waals surface area contributed by atoms with Crippen LogP contribution in [0.3, 0.4) is 0 Å². The fourth-order valence-corrected chi connectivity index (χ4v) is 3.26. The summed E-state index contributed by atoms with van der Waals surface area (Å²) in [5, 5.41) is 3.02. The smallest absolute Gasteiger partial charge is 0.321 e. The van der Waals surface area contributed by atoms with Gasteiger partial charge in [0.1, 0.15) is 5.75 Å². The maximum Gasteiger partial charge on any atom is 0.321 e. The molecule has 1 N–H and O–H groups in total. The molecular weight excluding hydrogens is 402 g/mol. The number of amides is 1. The first-order valence-corrected chi connectivity index (χ1v) is 10.4. The summed E-state index contributed by atoms with van der Waals surface area (Å²) in [6.45, 7) is 0.164. The minimum absolute atomic E-state index is 0.130. The van der Waals surface area contributed by atoms with E-state index in [4.69, 9.17) is 16.3 Å². The summed E-state index contributed by atoms with van der Waals surface area (Å²) >= 11 is 6.12. The van der Waals surface area contributed by atoms with Crippen LogP contribution in [0.4, 0.5) is 0 Å². The number of aromatic nitrogens is 2. The van der Waals surface area contributed by atoms with Crippen LogP contribution in [0.2, 0.25) is 5.02 Å². The van der Waals surface area contributed by atoms with E-state index in [1.54, 1.807) is 48.8 Å². The molecule has 0 saturated carbocycles. The van der Waals surface area contributed by atoms with Gasteiger partial charge in [-0.2, -0.15) is 0 Å². The molecule has 9 heteroatoms. The average molecular weight is 418 g/mol. The molecule has 144 valence electrons. The molecule has 7 nitrogen and oxygen atoms in total. The maximum atomic E-state index is 12.3. The number of carbonyl (C=O) groups is 1. The van der Waals surface area contributed by atoms with Crippen LogP contribution in [0.1, 0.15) is 15.9 Å². The number of benzene rings is 2. The minimum atomic E-state index is -3.34. The molecule has 0 aliphatic rings. The Morgan fingerprint density at radius 2 is 1.79 bits per heavy atom. The van der Waals surface area contributed by atoms with Crippen LogP contribution in [0.25, 0.3) is 0 Å². The van der Waals surface area contributed by atoms with Gasteiger partial charge in [0.15, 0.2) is 9.84 Å². The summed E-state index contributed by atoms with van der Waals surface area (Å²) in [6, 6.07) is 12.8. The van der Waals surface area contributed by atoms with Crippen molar-refractivity contribution in [2.75, 3.05) is 6.26 Å². The van der Waals surface area contributed by atoms with Gasteiger partial charge in [-0.15, -0.1) is 0 Å². The minimum Gasteiger partial charge on any atom is -0.424 e. The fourth-order valence-electron chi connectivity index (χ4n) is 2.30. The Bertz CT molecular complexity index is 1090. The van der Waals surface area contributed by atoms with Crippen molar-refractivity contribution >= 4 is 27.3 Å². The van der Waals surface area contributed by atoms with Crippen molar-refractivity contribution in [3.63, 3.8) is 0 Å². The van der Waals surface area contributed by atoms with Crippen LogP contribution in [-0.4, -0.2) is 30.5 Å². The normalized spacial score (nSPS) is 11.1. The first-order valence-electron chi connectivity index (χ1n) is 8.14. The SMILES string of the molecule is CS(=O)(=O)c1ccc(CNC(=O)c2ccc(Oc3ncccn3)cc2)c(Cl)c1. The molecule has 0 atom stereocenters. The van der Waals surface area contributed by atoms with Crippen molar-refractivity contribution in [3.8, 4) is 11.8 Å². The lowest BCUT2D eigenvalue weighted by molar-refractivity contribution is 0.0951. The van der Waals surface area contributed by atoms with Crippen LogP contribution in [0.5, 0.6) is 11.8 Å². The first kappa shape index (κ1) is 19.8. The Balaban J connectivity index is 1.62. The van der Waals surface area contributed by atoms with Crippen LogP contribution in [0, 0.1) is 0 Å². The van der Waals surface area contributed by atoms with Gasteiger partial charge in [-0.1, -0.05) is 17.7 Å². The molecule has 0 fully saturated rings. The van der Waals surface area contributed by atoms with Crippen LogP contribution >= 0.6 is 11.6 Å². The highest BCUT2D eigenvalue weighted by atomic mass is 35.5. The lowest BCUT2D eigenvalue weighted by Gasteiger charge is -2.09. The quantitative estimate of drug-likeness (QED) is 0.661. The van der Waals surface area contributed by atoms with E-state index in [9.17, 15) is 13.2 Å². The molecule has 3 aromatic rings. The maximum absolute atomic E-state index is 12.3. The van der Waals surface area contributed by atoms with Crippen LogP contribution in [-0.2, 0) is 16.4 Å². The zero-order valence-corrected chi connectivity index (χ0v) is 16.4. The summed E-state index contributed by atoms with van der Waals surface area (Å²) in [7, 11) is -3.34. The third kappa shape index (κ3) is 5.05. The predicted molar refractivity (Wildman–Crippen MR) is 104 cm³/mol. The van der Waals surface area contributed by atoms with Gasteiger partial charge < -0.3 is 10.1 Å². The molecule has 1 heterocycles. The Morgan fingerprint density at radius 1 is 1.11 bits per heavy atom. The van der Waals surface area contributed by atoms with Gasteiger partial charge in [0.2, 0.25) is 0 Å². The van der Waals surface area contributed by atoms with Crippen molar-refractivity contribution in [1.29, 1.82) is 0 Å². The summed E-state index contributed by atoms with van der Waals surface area (Å²) in [5.74, 6) is 0.202. The molecule has 0 aliphatic carbocycles. The summed E-state index contributed by atoms with van der Waals surface area (Å²) in [4.78, 5) is 20.4. The first-order chi connectivity index (χ1) is 13.3. The van der Waals surface area contributed by atoms with Gasteiger partial charge in [-0.3, -0.25) is 4.79 Å². The second-order valence-electron chi connectivity index (χ2n) is 5.87. The highest BCUT2D eigenvalue weighted by Gasteiger charge is 2.12. The van der Waals surface area contributed by atoms with Crippen LogP contribution < -0.4 is 10.1 Å². The second kappa shape index (κ2) is 8.37. The van der Waals surface area contributed by atoms with Crippen molar-refractivity contribution in [1.82, 2.24) is 15.3 Å². The van der Waals surface area contributed by atoms with E-state index in [2.05, 4.69) is 15.3 Å². The number of sulfone groups is 1. The zero-order valence-electron chi connectivity index (χ0n) is 14.8. The number of rotatable bonds is 6. The molecule has 0 aliphatic heterocycles. The standard InChI is InChI=1S/C19H16ClN3O4S/c1-28(25,26)16-8-5-14(17(20)11-16)12-23-18(24)13-3-6-15(7-4-13)27-19-21-9-2-10-22-19/h2-11H,12H2,1H3,(H,23,24). The largest absolute Gasteiger partial charge is 0.424 e. The van der Waals surface area contributed by atoms with Gasteiger partial charge in [-0.25, -0.2) is 18.4 Å². The second-order valence-corrected chi connectivity index (χ2v) is 8.29. The Morgan fingerprint density at radius 3 is 2.39 bits per heavy atom. The lowest BCUT2D eigenvalue weighted by atomic mass is 10.2. The third-order valence-electron chi connectivity index (χ3n) is 3.76. The van der Waals surface area contributed by atoms with E-state index in [0.29, 0.717) is 16.9 Å². The summed E-state index contributed by atoms with van der Waals surface area (Å²) < 4.78 is 28.6. The number of carbonyl (C=O) groups excluding carboxylic acids is 1. The number of halogens is 1. The monoisotopic (exact) mass is 417 g/mol. The molecule has 0 saturated heterocycles. The topological polar surface area (TPSA) is 98.2 Å². The van der Waals surface area contributed by atoms with Gasteiger partial charge in [0.05, 0.1) is 4.90 Å². The van der Waals surface area contributed by atoms with Crippen molar-refractivity contribution in [2.45, 2.75) is 11.4 Å². The molecule has 28 heavy (non-hydrogen) atoms. The molecule has 2 aromatic carbocycles. The van der Waals surface area contributed by atoms with E-state index < -0.39 is 9.84 Å². The van der Waals surface area contributed by atoms with E-state index in [1.807, 2.05) is 0 Å². The van der Waals surface area contributed by atoms with Crippen molar-refractivity contribution < 1.29 is 17.9 Å². The Hall–Kier alpha value is -2.97. The number of hydrogen-bond acceptors (Lipinski definition) is 6. The molecule has 1 amide bonds. The Kier molecular flexibility index (Phi) is 5.91. The molecule has 3 rings (SSSR count). The molecule has 0 spiro atoms. The number of ether oxygens (including phenoxy) is 1. The lowest BCUT2D eigenvalue weighted by Crippen LogP contribution is -2.22. The predicted octanol–water partition coefficient (Wildman–Crippen LogP) is 3.26. The van der Waals surface area contributed by atoms with Crippen LogP contribution in [0.15, 0.2) is 65.8 Å². The van der Waals surface area contributed by atoms with Gasteiger partial charge in [0.25, 0.3) is 5.91 Å². The molecule has 0 unspecified atom stereocenters. The van der Waals surface area contributed by atoms with E-state index >= 15 is 0 Å². The zero-order chi connectivity index (χ0) is 20.1. The molecule has 0 bridgehead atoms. The highest BCUT2D eigenvalue weighted by Crippen LogP contribution is 2.21. The van der Waals surface area contributed by atoms with Gasteiger partial charge in [0, 0.05) is 35.8 Å². The number of nitrogens with zero attached hydrogens (tertiary/aromatic N) is 2. The number of nitrogens with one attached hydrogen (secondary N) is 1. The van der Waals surface area contributed by atoms with Crippen molar-refractivity contribution in [2.24, 2.45) is 0 Å².